The molecule has 1 aromatic heterocycles. The molecule has 1 aliphatic heterocycles. The highest BCUT2D eigenvalue weighted by Gasteiger charge is 2.19. The Kier molecular flexibility index (Phi) is 4.33. The molecule has 0 aliphatic carbocycles. The van der Waals surface area contributed by atoms with Gasteiger partial charge in [-0.1, -0.05) is 5.16 Å². The smallest absolute Gasteiger partial charge is 0.292 e. The summed E-state index contributed by atoms with van der Waals surface area (Å²) in [6, 6.07) is 0. The van der Waals surface area contributed by atoms with E-state index in [0.29, 0.717) is 12.3 Å². The monoisotopic (exact) mass is 252 g/mol. The second-order valence-corrected chi connectivity index (χ2v) is 4.66. The van der Waals surface area contributed by atoms with E-state index < -0.39 is 0 Å². The lowest BCUT2D eigenvalue weighted by molar-refractivity contribution is 0.0733. The van der Waals surface area contributed by atoms with Gasteiger partial charge in [0.05, 0.1) is 6.20 Å². The number of aromatic nitrogens is 1. The maximum absolute atomic E-state index is 12.1. The molecule has 18 heavy (non-hydrogen) atoms. The van der Waals surface area contributed by atoms with Gasteiger partial charge >= 0.3 is 0 Å². The standard InChI is InChI=1S/C12H20N4O2/c1-10-9-14-18-11(10)12(17)15(2)7-8-16-5-3-13-4-6-16/h9,13H,3-8H2,1-2H3. The average Bonchev–Trinajstić information content (AvgIpc) is 2.82. The van der Waals surface area contributed by atoms with Crippen LogP contribution in [0.25, 0.3) is 0 Å². The van der Waals surface area contributed by atoms with E-state index in [0.717, 1.165) is 38.3 Å². The minimum atomic E-state index is -0.0971. The molecule has 1 saturated heterocycles. The third-order valence-corrected chi connectivity index (χ3v) is 3.25. The molecule has 6 nitrogen and oxygen atoms in total. The predicted octanol–water partition coefficient (Wildman–Crippen LogP) is -0.0398. The number of rotatable bonds is 4. The molecule has 2 heterocycles. The topological polar surface area (TPSA) is 61.6 Å². The first kappa shape index (κ1) is 13.0. The van der Waals surface area contributed by atoms with Crippen molar-refractivity contribution in [1.29, 1.82) is 0 Å². The number of aryl methyl sites for hydroxylation is 1. The van der Waals surface area contributed by atoms with Crippen LogP contribution >= 0.6 is 0 Å². The fourth-order valence-corrected chi connectivity index (χ4v) is 2.00. The molecule has 0 saturated carbocycles. The Morgan fingerprint density at radius 2 is 2.28 bits per heavy atom. The molecule has 0 bridgehead atoms. The van der Waals surface area contributed by atoms with E-state index in [2.05, 4.69) is 15.4 Å². The van der Waals surface area contributed by atoms with E-state index in [1.165, 1.54) is 0 Å². The lowest BCUT2D eigenvalue weighted by Crippen LogP contribution is -2.46. The molecular weight excluding hydrogens is 232 g/mol. The van der Waals surface area contributed by atoms with Gasteiger partial charge in [-0.25, -0.2) is 0 Å². The zero-order valence-electron chi connectivity index (χ0n) is 11.0. The van der Waals surface area contributed by atoms with Crippen molar-refractivity contribution < 1.29 is 9.32 Å². The van der Waals surface area contributed by atoms with Crippen LogP contribution in [0.2, 0.25) is 0 Å². The summed E-state index contributed by atoms with van der Waals surface area (Å²) in [4.78, 5) is 16.1. The normalized spacial score (nSPS) is 16.8. The van der Waals surface area contributed by atoms with Crippen LogP contribution in [-0.4, -0.2) is 67.2 Å². The molecule has 0 unspecified atom stereocenters. The van der Waals surface area contributed by atoms with Gasteiger partial charge in [-0.05, 0) is 6.92 Å². The van der Waals surface area contributed by atoms with Crippen molar-refractivity contribution in [2.75, 3.05) is 46.3 Å². The first-order chi connectivity index (χ1) is 8.68. The van der Waals surface area contributed by atoms with Crippen LogP contribution in [0.3, 0.4) is 0 Å². The number of carbonyl (C=O) groups is 1. The zero-order chi connectivity index (χ0) is 13.0. The van der Waals surface area contributed by atoms with Crippen molar-refractivity contribution in [3.8, 4) is 0 Å². The summed E-state index contributed by atoms with van der Waals surface area (Å²) in [5.41, 5.74) is 0.786. The van der Waals surface area contributed by atoms with Gasteiger partial charge in [0.15, 0.2) is 0 Å². The average molecular weight is 252 g/mol. The number of nitrogens with zero attached hydrogens (tertiary/aromatic N) is 3. The van der Waals surface area contributed by atoms with Crippen molar-refractivity contribution in [1.82, 2.24) is 20.3 Å². The summed E-state index contributed by atoms with van der Waals surface area (Å²) in [5, 5.41) is 6.94. The summed E-state index contributed by atoms with van der Waals surface area (Å²) in [7, 11) is 1.80. The van der Waals surface area contributed by atoms with Gasteiger partial charge < -0.3 is 14.7 Å². The third-order valence-electron chi connectivity index (χ3n) is 3.25. The minimum Gasteiger partial charge on any atom is -0.351 e. The quantitative estimate of drug-likeness (QED) is 0.815. The van der Waals surface area contributed by atoms with E-state index >= 15 is 0 Å². The molecule has 1 fully saturated rings. The van der Waals surface area contributed by atoms with Crippen molar-refractivity contribution in [2.24, 2.45) is 0 Å². The molecule has 0 spiro atoms. The van der Waals surface area contributed by atoms with Gasteiger partial charge in [0, 0.05) is 51.9 Å². The van der Waals surface area contributed by atoms with Crippen LogP contribution in [0.1, 0.15) is 16.1 Å². The molecule has 2 rings (SSSR count). The number of carbonyl (C=O) groups excluding carboxylic acids is 1. The summed E-state index contributed by atoms with van der Waals surface area (Å²) >= 11 is 0. The van der Waals surface area contributed by atoms with Gasteiger partial charge in [-0.15, -0.1) is 0 Å². The zero-order valence-corrected chi connectivity index (χ0v) is 11.0. The van der Waals surface area contributed by atoms with Crippen LogP contribution < -0.4 is 5.32 Å². The summed E-state index contributed by atoms with van der Waals surface area (Å²) in [5.74, 6) is 0.248. The summed E-state index contributed by atoms with van der Waals surface area (Å²) in [6.45, 7) is 7.58. The SMILES string of the molecule is Cc1cnoc1C(=O)N(C)CCN1CCNCC1. The Morgan fingerprint density at radius 1 is 1.56 bits per heavy atom. The first-order valence-electron chi connectivity index (χ1n) is 6.28. The summed E-state index contributed by atoms with van der Waals surface area (Å²) in [6.07, 6.45) is 1.57. The van der Waals surface area contributed by atoms with Crippen LogP contribution in [0, 0.1) is 6.92 Å². The second-order valence-electron chi connectivity index (χ2n) is 4.66. The van der Waals surface area contributed by atoms with Crippen LogP contribution in [0.5, 0.6) is 0 Å². The molecule has 100 valence electrons. The maximum Gasteiger partial charge on any atom is 0.292 e. The van der Waals surface area contributed by atoms with Gasteiger partial charge in [0.2, 0.25) is 5.76 Å². The number of piperazine rings is 1. The largest absolute Gasteiger partial charge is 0.351 e. The Labute approximate surface area is 107 Å². The fraction of sp³-hybridized carbons (Fsp3) is 0.667. The molecule has 0 radical (unpaired) electrons. The van der Waals surface area contributed by atoms with Crippen LogP contribution in [0.15, 0.2) is 10.7 Å². The predicted molar refractivity (Wildman–Crippen MR) is 67.5 cm³/mol. The molecule has 1 amide bonds. The van der Waals surface area contributed by atoms with E-state index in [1.54, 1.807) is 18.1 Å². The Hall–Kier alpha value is -1.40. The molecule has 1 N–H and O–H groups in total. The summed E-state index contributed by atoms with van der Waals surface area (Å²) < 4.78 is 4.97. The molecule has 1 aromatic rings. The molecular formula is C12H20N4O2. The van der Waals surface area contributed by atoms with Crippen molar-refractivity contribution in [2.45, 2.75) is 6.92 Å². The highest BCUT2D eigenvalue weighted by Crippen LogP contribution is 2.08. The van der Waals surface area contributed by atoms with Crippen molar-refractivity contribution >= 4 is 5.91 Å². The Bertz CT molecular complexity index is 399. The van der Waals surface area contributed by atoms with E-state index in [-0.39, 0.29) is 5.91 Å². The van der Waals surface area contributed by atoms with Crippen LogP contribution in [-0.2, 0) is 0 Å². The minimum absolute atomic E-state index is 0.0971. The van der Waals surface area contributed by atoms with E-state index in [4.69, 9.17) is 4.52 Å². The highest BCUT2D eigenvalue weighted by molar-refractivity contribution is 5.92. The number of hydrogen-bond acceptors (Lipinski definition) is 5. The third kappa shape index (κ3) is 3.08. The number of nitrogens with one attached hydrogen (secondary N) is 1. The second kappa shape index (κ2) is 5.97. The molecule has 0 atom stereocenters. The lowest BCUT2D eigenvalue weighted by atomic mass is 10.2. The lowest BCUT2D eigenvalue weighted by Gasteiger charge is -2.28. The fourth-order valence-electron chi connectivity index (χ4n) is 2.00. The van der Waals surface area contributed by atoms with Gasteiger partial charge in [0.25, 0.3) is 5.91 Å². The Balaban J connectivity index is 1.82. The molecule has 0 aromatic carbocycles. The number of likely N-dealkylation sites (N-methyl/N-ethyl adjacent to an activating group) is 1. The van der Waals surface area contributed by atoms with E-state index in [9.17, 15) is 4.79 Å². The molecule has 6 heteroatoms. The van der Waals surface area contributed by atoms with Gasteiger partial charge in [0.1, 0.15) is 0 Å². The Morgan fingerprint density at radius 3 is 2.89 bits per heavy atom. The van der Waals surface area contributed by atoms with Crippen molar-refractivity contribution in [3.63, 3.8) is 0 Å². The molecule has 1 aliphatic rings. The van der Waals surface area contributed by atoms with Crippen molar-refractivity contribution in [3.05, 3.63) is 17.5 Å². The van der Waals surface area contributed by atoms with Gasteiger partial charge in [-0.2, -0.15) is 0 Å². The maximum atomic E-state index is 12.1. The van der Waals surface area contributed by atoms with Gasteiger partial charge in [-0.3, -0.25) is 9.69 Å². The van der Waals surface area contributed by atoms with Crippen LogP contribution in [0.4, 0.5) is 0 Å². The number of amides is 1. The van der Waals surface area contributed by atoms with E-state index in [1.807, 2.05) is 6.92 Å². The highest BCUT2D eigenvalue weighted by atomic mass is 16.5. The first-order valence-corrected chi connectivity index (χ1v) is 6.28. The number of hydrogen-bond donors (Lipinski definition) is 1.